The second kappa shape index (κ2) is 9.16. The lowest BCUT2D eigenvalue weighted by Crippen LogP contribution is -2.47. The summed E-state index contributed by atoms with van der Waals surface area (Å²) >= 11 is 0. The highest BCUT2D eigenvalue weighted by Crippen LogP contribution is 2.14. The van der Waals surface area contributed by atoms with Gasteiger partial charge in [0.05, 0.1) is 6.61 Å². The Bertz CT molecular complexity index is 565. The quantitative estimate of drug-likeness (QED) is 0.514. The van der Waals surface area contributed by atoms with Crippen molar-refractivity contribution in [3.8, 4) is 0 Å². The zero-order valence-electron chi connectivity index (χ0n) is 15.3. The molecule has 3 amide bonds. The number of alkyl carbamates (subject to hydrolysis) is 1. The predicted molar refractivity (Wildman–Crippen MR) is 86.2 cm³/mol. The van der Waals surface area contributed by atoms with Crippen molar-refractivity contribution in [1.29, 1.82) is 0 Å². The van der Waals surface area contributed by atoms with Crippen LogP contribution in [-0.2, 0) is 33.5 Å². The first-order chi connectivity index (χ1) is 12.0. The monoisotopic (exact) mass is 372 g/mol. The summed E-state index contributed by atoms with van der Waals surface area (Å²) in [7, 11) is 0. The molecule has 1 saturated heterocycles. The number of imide groups is 1. The third-order valence-electron chi connectivity index (χ3n) is 3.10. The van der Waals surface area contributed by atoms with Crippen LogP contribution in [0.15, 0.2) is 0 Å². The molecule has 1 rings (SSSR count). The molecular weight excluding hydrogens is 348 g/mol. The minimum absolute atomic E-state index is 0.0564. The van der Waals surface area contributed by atoms with E-state index in [1.54, 1.807) is 27.7 Å². The summed E-state index contributed by atoms with van der Waals surface area (Å²) in [6.07, 6.45) is -1.33. The number of ether oxygens (including phenoxy) is 2. The number of hydrogen-bond acceptors (Lipinski definition) is 8. The molecule has 0 radical (unpaired) electrons. The number of hydrogen-bond donors (Lipinski definition) is 1. The second-order valence-corrected chi connectivity index (χ2v) is 6.53. The molecule has 1 heterocycles. The summed E-state index contributed by atoms with van der Waals surface area (Å²) in [4.78, 5) is 63.6. The smallest absolute Gasteiger partial charge is 0.408 e. The molecule has 1 N–H and O–H groups in total. The van der Waals surface area contributed by atoms with Gasteiger partial charge in [-0.05, 0) is 34.1 Å². The number of esters is 1. The molecule has 1 unspecified atom stereocenters. The van der Waals surface area contributed by atoms with E-state index in [9.17, 15) is 24.0 Å². The molecule has 1 atom stereocenters. The Hall–Kier alpha value is -2.65. The third kappa shape index (κ3) is 7.08. The number of carbonyl (C=O) groups excluding carboxylic acids is 5. The Morgan fingerprint density at radius 3 is 2.23 bits per heavy atom. The molecule has 0 aromatic carbocycles. The van der Waals surface area contributed by atoms with Gasteiger partial charge in [-0.1, -0.05) is 0 Å². The van der Waals surface area contributed by atoms with Gasteiger partial charge < -0.3 is 19.6 Å². The Balaban J connectivity index is 2.76. The molecular formula is C16H24N2O8. The highest BCUT2D eigenvalue weighted by atomic mass is 16.7. The van der Waals surface area contributed by atoms with Crippen molar-refractivity contribution < 1.29 is 38.3 Å². The van der Waals surface area contributed by atoms with E-state index in [1.165, 1.54) is 0 Å². The van der Waals surface area contributed by atoms with Crippen LogP contribution in [0.3, 0.4) is 0 Å². The predicted octanol–water partition coefficient (Wildman–Crippen LogP) is 0.830. The third-order valence-corrected chi connectivity index (χ3v) is 3.10. The van der Waals surface area contributed by atoms with Crippen molar-refractivity contribution in [3.63, 3.8) is 0 Å². The first-order valence-corrected chi connectivity index (χ1v) is 8.26. The summed E-state index contributed by atoms with van der Waals surface area (Å²) in [5.74, 6) is -2.91. The number of rotatable bonds is 7. The van der Waals surface area contributed by atoms with E-state index in [2.05, 4.69) is 5.32 Å². The lowest BCUT2D eigenvalue weighted by Gasteiger charge is -2.23. The zero-order chi connectivity index (χ0) is 19.9. The zero-order valence-corrected chi connectivity index (χ0v) is 15.3. The normalized spacial score (nSPS) is 15.5. The summed E-state index contributed by atoms with van der Waals surface area (Å²) in [5, 5.41) is 2.65. The molecule has 1 fully saturated rings. The van der Waals surface area contributed by atoms with Crippen LogP contribution in [0.5, 0.6) is 0 Å². The van der Waals surface area contributed by atoms with E-state index in [-0.39, 0.29) is 32.3 Å². The van der Waals surface area contributed by atoms with Crippen LogP contribution < -0.4 is 5.32 Å². The van der Waals surface area contributed by atoms with Crippen LogP contribution in [0.25, 0.3) is 0 Å². The average Bonchev–Trinajstić information content (AvgIpc) is 2.81. The van der Waals surface area contributed by atoms with Gasteiger partial charge in [0.15, 0.2) is 0 Å². The van der Waals surface area contributed by atoms with Crippen LogP contribution >= 0.6 is 0 Å². The van der Waals surface area contributed by atoms with Crippen LogP contribution in [0.4, 0.5) is 4.79 Å². The van der Waals surface area contributed by atoms with Gasteiger partial charge in [-0.15, -0.1) is 5.06 Å². The van der Waals surface area contributed by atoms with Crippen molar-refractivity contribution in [2.45, 2.75) is 65.0 Å². The lowest BCUT2D eigenvalue weighted by molar-refractivity contribution is -0.199. The van der Waals surface area contributed by atoms with E-state index in [0.717, 1.165) is 0 Å². The SMILES string of the molecule is CCOC(=O)CCC(NC(=O)OC(C)(C)C)C(=O)ON1C(=O)CCC1=O. The van der Waals surface area contributed by atoms with Crippen molar-refractivity contribution in [1.82, 2.24) is 10.4 Å². The molecule has 0 aromatic rings. The Morgan fingerprint density at radius 1 is 1.15 bits per heavy atom. The van der Waals surface area contributed by atoms with Gasteiger partial charge in [-0.2, -0.15) is 0 Å². The van der Waals surface area contributed by atoms with Crippen LogP contribution in [0, 0.1) is 0 Å². The molecule has 10 nitrogen and oxygen atoms in total. The largest absolute Gasteiger partial charge is 0.466 e. The van der Waals surface area contributed by atoms with Gasteiger partial charge >= 0.3 is 18.0 Å². The minimum atomic E-state index is -1.30. The molecule has 0 bridgehead atoms. The van der Waals surface area contributed by atoms with Gasteiger partial charge in [0, 0.05) is 19.3 Å². The van der Waals surface area contributed by atoms with Gasteiger partial charge in [-0.25, -0.2) is 9.59 Å². The van der Waals surface area contributed by atoms with Crippen molar-refractivity contribution in [2.24, 2.45) is 0 Å². The average molecular weight is 372 g/mol. The Kier molecular flexibility index (Phi) is 7.54. The van der Waals surface area contributed by atoms with E-state index < -0.39 is 41.5 Å². The molecule has 1 aliphatic heterocycles. The number of carbonyl (C=O) groups is 5. The molecule has 0 aliphatic carbocycles. The highest BCUT2D eigenvalue weighted by molar-refractivity contribution is 6.01. The second-order valence-electron chi connectivity index (χ2n) is 6.53. The van der Waals surface area contributed by atoms with Crippen molar-refractivity contribution in [2.75, 3.05) is 6.61 Å². The number of nitrogens with zero attached hydrogens (tertiary/aromatic N) is 1. The maximum absolute atomic E-state index is 12.3. The first-order valence-electron chi connectivity index (χ1n) is 8.26. The van der Waals surface area contributed by atoms with Crippen molar-refractivity contribution >= 4 is 29.8 Å². The summed E-state index contributed by atoms with van der Waals surface area (Å²) < 4.78 is 9.83. The first kappa shape index (κ1) is 21.4. The van der Waals surface area contributed by atoms with E-state index >= 15 is 0 Å². The number of hydroxylamine groups is 2. The Labute approximate surface area is 151 Å². The van der Waals surface area contributed by atoms with E-state index in [0.29, 0.717) is 5.06 Å². The fourth-order valence-corrected chi connectivity index (χ4v) is 2.01. The lowest BCUT2D eigenvalue weighted by atomic mass is 10.1. The topological polar surface area (TPSA) is 128 Å². The van der Waals surface area contributed by atoms with Crippen molar-refractivity contribution in [3.05, 3.63) is 0 Å². The standard InChI is InChI=1S/C16H24N2O8/c1-5-24-13(21)9-6-10(17-15(23)25-16(2,3)4)14(22)26-18-11(19)7-8-12(18)20/h10H,5-9H2,1-4H3,(H,17,23). The van der Waals surface area contributed by atoms with Crippen LogP contribution in [0.1, 0.15) is 53.4 Å². The fourth-order valence-electron chi connectivity index (χ4n) is 2.01. The minimum Gasteiger partial charge on any atom is -0.466 e. The van der Waals surface area contributed by atoms with Gasteiger partial charge in [-0.3, -0.25) is 14.4 Å². The van der Waals surface area contributed by atoms with Gasteiger partial charge in [0.1, 0.15) is 11.6 Å². The molecule has 10 heteroatoms. The molecule has 0 saturated carbocycles. The summed E-state index contributed by atoms with van der Waals surface area (Å²) in [6, 6.07) is -1.30. The van der Waals surface area contributed by atoms with E-state index in [4.69, 9.17) is 14.3 Å². The van der Waals surface area contributed by atoms with Gasteiger partial charge in [0.2, 0.25) is 0 Å². The number of amides is 3. The summed E-state index contributed by atoms with van der Waals surface area (Å²) in [5.41, 5.74) is -0.805. The van der Waals surface area contributed by atoms with Crippen LogP contribution in [0.2, 0.25) is 0 Å². The highest BCUT2D eigenvalue weighted by Gasteiger charge is 2.36. The molecule has 0 aromatic heterocycles. The molecule has 26 heavy (non-hydrogen) atoms. The molecule has 1 aliphatic rings. The van der Waals surface area contributed by atoms with Gasteiger partial charge in [0.25, 0.3) is 11.8 Å². The van der Waals surface area contributed by atoms with Crippen LogP contribution in [-0.4, -0.2) is 53.2 Å². The Morgan fingerprint density at radius 2 is 1.73 bits per heavy atom. The van der Waals surface area contributed by atoms with E-state index in [1.807, 2.05) is 0 Å². The summed E-state index contributed by atoms with van der Waals surface area (Å²) in [6.45, 7) is 6.72. The number of nitrogens with one attached hydrogen (secondary N) is 1. The maximum Gasteiger partial charge on any atom is 0.408 e. The molecule has 146 valence electrons. The maximum atomic E-state index is 12.3. The molecule has 0 spiro atoms. The fraction of sp³-hybridized carbons (Fsp3) is 0.688.